The molecule has 86 valence electrons. The van der Waals surface area contributed by atoms with Crippen molar-refractivity contribution in [1.29, 1.82) is 0 Å². The molecule has 1 N–H and O–H groups in total. The highest BCUT2D eigenvalue weighted by Crippen LogP contribution is 2.21. The fourth-order valence-electron chi connectivity index (χ4n) is 1.16. The molecule has 0 spiro atoms. The van der Waals surface area contributed by atoms with Gasteiger partial charge in [-0.15, -0.1) is 0 Å². The number of carboxylic acid groups (broad SMARTS) is 1. The Morgan fingerprint density at radius 1 is 1.35 bits per heavy atom. The third-order valence-electron chi connectivity index (χ3n) is 1.95. The molecule has 0 aliphatic heterocycles. The average molecular weight is 251 g/mol. The fraction of sp³-hybridized carbons (Fsp3) is 0. The van der Waals surface area contributed by atoms with Gasteiger partial charge in [0.1, 0.15) is 0 Å². The van der Waals surface area contributed by atoms with Crippen molar-refractivity contribution in [2.75, 3.05) is 0 Å². The number of nitro groups is 1. The van der Waals surface area contributed by atoms with Crippen molar-refractivity contribution >= 4 is 23.2 Å². The minimum atomic E-state index is -1.14. The summed E-state index contributed by atoms with van der Waals surface area (Å²) >= 11 is 0.768. The minimum absolute atomic E-state index is 0.0394. The van der Waals surface area contributed by atoms with Gasteiger partial charge in [0, 0.05) is 17.7 Å². The van der Waals surface area contributed by atoms with Crippen molar-refractivity contribution in [3.8, 4) is 11.4 Å². The Balaban J connectivity index is 2.33. The molecular weight excluding hydrogens is 246 g/mol. The Hall–Kier alpha value is -2.35. The molecule has 1 aromatic carbocycles. The van der Waals surface area contributed by atoms with Gasteiger partial charge in [0.05, 0.1) is 4.92 Å². The lowest BCUT2D eigenvalue weighted by atomic mass is 10.2. The highest BCUT2D eigenvalue weighted by molar-refractivity contribution is 7.07. The molecule has 0 fully saturated rings. The standard InChI is InChI=1S/C9H5N3O4S/c13-9(14)8-10-7(11-17-8)5-1-3-6(4-2-5)12(15)16/h1-4H,(H,13,14). The number of aromatic nitrogens is 2. The van der Waals surface area contributed by atoms with Crippen molar-refractivity contribution in [2.24, 2.45) is 0 Å². The van der Waals surface area contributed by atoms with Crippen LogP contribution in [0.1, 0.15) is 9.80 Å². The van der Waals surface area contributed by atoms with E-state index in [0.717, 1.165) is 11.5 Å². The Morgan fingerprint density at radius 3 is 2.47 bits per heavy atom. The van der Waals surface area contributed by atoms with Gasteiger partial charge in [-0.1, -0.05) is 0 Å². The van der Waals surface area contributed by atoms with Crippen LogP contribution in [0, 0.1) is 10.1 Å². The smallest absolute Gasteiger partial charge is 0.366 e. The number of rotatable bonds is 3. The van der Waals surface area contributed by atoms with Gasteiger partial charge >= 0.3 is 5.97 Å². The van der Waals surface area contributed by atoms with E-state index in [1.807, 2.05) is 0 Å². The van der Waals surface area contributed by atoms with E-state index in [9.17, 15) is 14.9 Å². The van der Waals surface area contributed by atoms with Crippen molar-refractivity contribution in [2.45, 2.75) is 0 Å². The molecule has 2 rings (SSSR count). The van der Waals surface area contributed by atoms with E-state index >= 15 is 0 Å². The average Bonchev–Trinajstić information content (AvgIpc) is 2.78. The number of hydrogen-bond acceptors (Lipinski definition) is 6. The monoisotopic (exact) mass is 251 g/mol. The van der Waals surface area contributed by atoms with Crippen molar-refractivity contribution in [3.05, 3.63) is 39.4 Å². The first-order valence-electron chi connectivity index (χ1n) is 4.40. The number of non-ortho nitro benzene ring substituents is 1. The number of benzene rings is 1. The number of carboxylic acids is 1. The number of carbonyl (C=O) groups is 1. The van der Waals surface area contributed by atoms with E-state index in [-0.39, 0.29) is 16.5 Å². The molecule has 0 saturated carbocycles. The fourth-order valence-corrected chi connectivity index (χ4v) is 1.68. The molecule has 7 nitrogen and oxygen atoms in total. The first kappa shape index (κ1) is 11.1. The van der Waals surface area contributed by atoms with Gasteiger partial charge in [-0.25, -0.2) is 9.78 Å². The lowest BCUT2D eigenvalue weighted by Crippen LogP contribution is -1.94. The molecule has 8 heteroatoms. The molecule has 0 atom stereocenters. The molecule has 0 amide bonds. The van der Waals surface area contributed by atoms with E-state index in [1.165, 1.54) is 24.3 Å². The summed E-state index contributed by atoms with van der Waals surface area (Å²) in [7, 11) is 0. The zero-order valence-electron chi connectivity index (χ0n) is 8.23. The summed E-state index contributed by atoms with van der Waals surface area (Å²) < 4.78 is 3.86. The van der Waals surface area contributed by atoms with Crippen LogP contribution in [0.25, 0.3) is 11.4 Å². The molecule has 2 aromatic rings. The van der Waals surface area contributed by atoms with Crippen LogP contribution in [0.5, 0.6) is 0 Å². The van der Waals surface area contributed by atoms with Crippen LogP contribution < -0.4 is 0 Å². The SMILES string of the molecule is O=C(O)c1nc(-c2ccc([N+](=O)[O-])cc2)ns1. The number of hydrogen-bond donors (Lipinski definition) is 1. The van der Waals surface area contributed by atoms with E-state index < -0.39 is 10.9 Å². The third kappa shape index (κ3) is 2.26. The number of aromatic carboxylic acids is 1. The van der Waals surface area contributed by atoms with E-state index in [0.29, 0.717) is 5.56 Å². The topological polar surface area (TPSA) is 106 Å². The maximum atomic E-state index is 10.6. The Labute approximate surface area is 98.7 Å². The van der Waals surface area contributed by atoms with Crippen LogP contribution in [0.3, 0.4) is 0 Å². The van der Waals surface area contributed by atoms with E-state index in [4.69, 9.17) is 5.11 Å². The lowest BCUT2D eigenvalue weighted by molar-refractivity contribution is -0.384. The Kier molecular flexibility index (Phi) is 2.79. The summed E-state index contributed by atoms with van der Waals surface area (Å²) in [5.74, 6) is -0.891. The van der Waals surface area contributed by atoms with Gasteiger partial charge in [0.25, 0.3) is 5.69 Å². The van der Waals surface area contributed by atoms with Gasteiger partial charge in [-0.2, -0.15) is 4.37 Å². The first-order chi connectivity index (χ1) is 8.08. The highest BCUT2D eigenvalue weighted by Gasteiger charge is 2.13. The Morgan fingerprint density at radius 2 is 2.00 bits per heavy atom. The quantitative estimate of drug-likeness (QED) is 0.658. The lowest BCUT2D eigenvalue weighted by Gasteiger charge is -1.94. The Bertz CT molecular complexity index is 578. The van der Waals surface area contributed by atoms with Crippen LogP contribution >= 0.6 is 11.5 Å². The summed E-state index contributed by atoms with van der Waals surface area (Å²) in [6.45, 7) is 0. The van der Waals surface area contributed by atoms with Crippen molar-refractivity contribution in [3.63, 3.8) is 0 Å². The summed E-state index contributed by atoms with van der Waals surface area (Å²) in [6.07, 6.45) is 0. The zero-order chi connectivity index (χ0) is 12.4. The molecule has 0 bridgehead atoms. The molecule has 0 aliphatic carbocycles. The largest absolute Gasteiger partial charge is 0.476 e. The molecule has 0 radical (unpaired) electrons. The predicted octanol–water partition coefficient (Wildman–Crippen LogP) is 1.81. The van der Waals surface area contributed by atoms with Gasteiger partial charge in [-0.05, 0) is 23.7 Å². The molecule has 0 unspecified atom stereocenters. The van der Waals surface area contributed by atoms with Crippen LogP contribution in [-0.2, 0) is 0 Å². The maximum absolute atomic E-state index is 10.6. The normalized spacial score (nSPS) is 10.1. The second-order valence-corrected chi connectivity index (χ2v) is 3.78. The summed E-state index contributed by atoms with van der Waals surface area (Å²) in [5.41, 5.74) is 0.502. The first-order valence-corrected chi connectivity index (χ1v) is 5.17. The van der Waals surface area contributed by atoms with Crippen molar-refractivity contribution < 1.29 is 14.8 Å². The molecular formula is C9H5N3O4S. The summed E-state index contributed by atoms with van der Waals surface area (Å²) in [5, 5.41) is 19.0. The molecule has 0 aliphatic rings. The number of nitro benzene ring substituents is 1. The molecule has 1 aromatic heterocycles. The second kappa shape index (κ2) is 4.26. The van der Waals surface area contributed by atoms with E-state index in [1.54, 1.807) is 0 Å². The summed E-state index contributed by atoms with van der Waals surface area (Å²) in [6, 6.07) is 5.59. The van der Waals surface area contributed by atoms with Gasteiger partial charge < -0.3 is 5.11 Å². The number of nitrogens with zero attached hydrogens (tertiary/aromatic N) is 3. The maximum Gasteiger partial charge on any atom is 0.366 e. The molecule has 17 heavy (non-hydrogen) atoms. The summed E-state index contributed by atoms with van der Waals surface area (Å²) in [4.78, 5) is 24.3. The molecule has 1 heterocycles. The van der Waals surface area contributed by atoms with Gasteiger partial charge in [0.15, 0.2) is 5.82 Å². The third-order valence-corrected chi connectivity index (χ3v) is 2.65. The minimum Gasteiger partial charge on any atom is -0.476 e. The molecule has 0 saturated heterocycles. The van der Waals surface area contributed by atoms with Crippen LogP contribution in [-0.4, -0.2) is 25.4 Å². The van der Waals surface area contributed by atoms with Crippen molar-refractivity contribution in [1.82, 2.24) is 9.36 Å². The van der Waals surface area contributed by atoms with Gasteiger partial charge in [0.2, 0.25) is 5.01 Å². The highest BCUT2D eigenvalue weighted by atomic mass is 32.1. The van der Waals surface area contributed by atoms with Gasteiger partial charge in [-0.3, -0.25) is 10.1 Å². The second-order valence-electron chi connectivity index (χ2n) is 3.03. The predicted molar refractivity (Wildman–Crippen MR) is 59.0 cm³/mol. The van der Waals surface area contributed by atoms with Crippen LogP contribution in [0.15, 0.2) is 24.3 Å². The zero-order valence-corrected chi connectivity index (χ0v) is 9.05. The van der Waals surface area contributed by atoms with E-state index in [2.05, 4.69) is 9.36 Å². The van der Waals surface area contributed by atoms with Crippen LogP contribution in [0.2, 0.25) is 0 Å². The van der Waals surface area contributed by atoms with Crippen LogP contribution in [0.4, 0.5) is 5.69 Å².